The van der Waals surface area contributed by atoms with Crippen LogP contribution in [0.2, 0.25) is 0 Å². The summed E-state index contributed by atoms with van der Waals surface area (Å²) in [7, 11) is 0. The first kappa shape index (κ1) is 16.2. The second-order valence-corrected chi connectivity index (χ2v) is 5.74. The molecule has 1 fully saturated rings. The predicted molar refractivity (Wildman–Crippen MR) is 83.5 cm³/mol. The Bertz CT molecular complexity index is 580. The SMILES string of the molecule is CC(=O)N1CCO[C@@H](CNc2nc(C(C)C)ccc2C#N)C1. The van der Waals surface area contributed by atoms with Gasteiger partial charge in [-0.05, 0) is 18.1 Å². The number of hydrogen-bond acceptors (Lipinski definition) is 5. The van der Waals surface area contributed by atoms with E-state index in [1.54, 1.807) is 17.9 Å². The van der Waals surface area contributed by atoms with E-state index in [1.807, 2.05) is 6.07 Å². The Labute approximate surface area is 131 Å². The summed E-state index contributed by atoms with van der Waals surface area (Å²) < 4.78 is 5.66. The highest BCUT2D eigenvalue weighted by atomic mass is 16.5. The van der Waals surface area contributed by atoms with Gasteiger partial charge in [0.05, 0.1) is 18.3 Å². The van der Waals surface area contributed by atoms with Crippen LogP contribution in [0.1, 0.15) is 37.9 Å². The zero-order valence-electron chi connectivity index (χ0n) is 13.3. The van der Waals surface area contributed by atoms with E-state index in [4.69, 9.17) is 4.74 Å². The number of anilines is 1. The summed E-state index contributed by atoms with van der Waals surface area (Å²) in [6.45, 7) is 7.95. The molecule has 6 nitrogen and oxygen atoms in total. The standard InChI is InChI=1S/C16H22N4O2/c1-11(2)15-5-4-13(8-17)16(19-15)18-9-14-10-20(12(3)21)6-7-22-14/h4-5,11,14H,6-7,9-10H2,1-3H3,(H,18,19)/t14-/m0/s1. The van der Waals surface area contributed by atoms with Crippen molar-refractivity contribution in [3.05, 3.63) is 23.4 Å². The van der Waals surface area contributed by atoms with Crippen LogP contribution in [0, 0.1) is 11.3 Å². The zero-order valence-corrected chi connectivity index (χ0v) is 13.3. The van der Waals surface area contributed by atoms with Gasteiger partial charge >= 0.3 is 0 Å². The average Bonchev–Trinajstić information content (AvgIpc) is 2.52. The number of nitrogens with one attached hydrogen (secondary N) is 1. The third-order valence-electron chi connectivity index (χ3n) is 3.71. The minimum absolute atomic E-state index is 0.0611. The lowest BCUT2D eigenvalue weighted by Crippen LogP contribution is -2.47. The van der Waals surface area contributed by atoms with Crippen molar-refractivity contribution in [2.24, 2.45) is 0 Å². The molecule has 1 aromatic heterocycles. The quantitative estimate of drug-likeness (QED) is 0.916. The lowest BCUT2D eigenvalue weighted by molar-refractivity contribution is -0.135. The Hall–Kier alpha value is -2.13. The third-order valence-corrected chi connectivity index (χ3v) is 3.71. The third kappa shape index (κ3) is 3.95. The van der Waals surface area contributed by atoms with Gasteiger partial charge in [0.25, 0.3) is 0 Å². The summed E-state index contributed by atoms with van der Waals surface area (Å²) >= 11 is 0. The van der Waals surface area contributed by atoms with E-state index < -0.39 is 0 Å². The Morgan fingerprint density at radius 3 is 3.00 bits per heavy atom. The van der Waals surface area contributed by atoms with Crippen molar-refractivity contribution in [2.45, 2.75) is 32.8 Å². The number of aromatic nitrogens is 1. The summed E-state index contributed by atoms with van der Waals surface area (Å²) in [6.07, 6.45) is -0.0892. The van der Waals surface area contributed by atoms with Crippen molar-refractivity contribution in [3.63, 3.8) is 0 Å². The molecule has 0 aliphatic carbocycles. The van der Waals surface area contributed by atoms with Gasteiger partial charge in [-0.15, -0.1) is 0 Å². The lowest BCUT2D eigenvalue weighted by atomic mass is 10.1. The van der Waals surface area contributed by atoms with E-state index in [0.717, 1.165) is 5.69 Å². The number of carbonyl (C=O) groups is 1. The van der Waals surface area contributed by atoms with Crippen LogP contribution < -0.4 is 5.32 Å². The van der Waals surface area contributed by atoms with E-state index in [-0.39, 0.29) is 12.0 Å². The number of nitriles is 1. The van der Waals surface area contributed by atoms with Gasteiger partial charge < -0.3 is 15.0 Å². The van der Waals surface area contributed by atoms with E-state index in [0.29, 0.717) is 43.5 Å². The highest BCUT2D eigenvalue weighted by Gasteiger charge is 2.22. The molecular weight excluding hydrogens is 280 g/mol. The van der Waals surface area contributed by atoms with E-state index in [9.17, 15) is 10.1 Å². The monoisotopic (exact) mass is 302 g/mol. The molecule has 1 N–H and O–H groups in total. The van der Waals surface area contributed by atoms with Gasteiger partial charge in [0.1, 0.15) is 11.9 Å². The molecule has 0 bridgehead atoms. The molecule has 0 aromatic carbocycles. The minimum atomic E-state index is -0.0892. The van der Waals surface area contributed by atoms with Gasteiger partial charge in [-0.3, -0.25) is 4.79 Å². The molecule has 1 atom stereocenters. The molecule has 0 unspecified atom stereocenters. The maximum atomic E-state index is 11.4. The lowest BCUT2D eigenvalue weighted by Gasteiger charge is -2.32. The largest absolute Gasteiger partial charge is 0.373 e. The second-order valence-electron chi connectivity index (χ2n) is 5.74. The number of amides is 1. The van der Waals surface area contributed by atoms with Crippen LogP contribution >= 0.6 is 0 Å². The number of ether oxygens (including phenoxy) is 1. The smallest absolute Gasteiger partial charge is 0.219 e. The molecule has 1 aromatic rings. The molecule has 118 valence electrons. The van der Waals surface area contributed by atoms with Crippen LogP contribution in [-0.4, -0.2) is 48.1 Å². The summed E-state index contributed by atoms with van der Waals surface area (Å²) in [5, 5.41) is 12.4. The molecule has 6 heteroatoms. The van der Waals surface area contributed by atoms with E-state index in [1.165, 1.54) is 0 Å². The topological polar surface area (TPSA) is 78.2 Å². The van der Waals surface area contributed by atoms with Crippen LogP contribution in [0.15, 0.2) is 12.1 Å². The predicted octanol–water partition coefficient (Wildman–Crippen LogP) is 1.74. The molecule has 0 radical (unpaired) electrons. The number of carbonyl (C=O) groups excluding carboxylic acids is 1. The first-order valence-corrected chi connectivity index (χ1v) is 7.53. The molecule has 2 heterocycles. The van der Waals surface area contributed by atoms with Crippen molar-refractivity contribution in [1.82, 2.24) is 9.88 Å². The number of rotatable bonds is 4. The normalized spacial score (nSPS) is 18.1. The minimum Gasteiger partial charge on any atom is -0.373 e. The molecule has 2 rings (SSSR count). The van der Waals surface area contributed by atoms with Crippen LogP contribution in [0.4, 0.5) is 5.82 Å². The molecule has 0 saturated carbocycles. The first-order chi connectivity index (χ1) is 10.5. The van der Waals surface area contributed by atoms with Crippen LogP contribution in [0.25, 0.3) is 0 Å². The molecule has 22 heavy (non-hydrogen) atoms. The van der Waals surface area contributed by atoms with Crippen molar-refractivity contribution in [1.29, 1.82) is 5.26 Å². The number of pyridine rings is 1. The Kier molecular flexibility index (Phi) is 5.34. The van der Waals surface area contributed by atoms with Gasteiger partial charge in [-0.2, -0.15) is 5.26 Å². The molecular formula is C16H22N4O2. The van der Waals surface area contributed by atoms with E-state index >= 15 is 0 Å². The van der Waals surface area contributed by atoms with Gasteiger partial charge in [0.2, 0.25) is 5.91 Å². The first-order valence-electron chi connectivity index (χ1n) is 7.53. The fourth-order valence-electron chi connectivity index (χ4n) is 2.36. The highest BCUT2D eigenvalue weighted by molar-refractivity contribution is 5.73. The molecule has 1 amide bonds. The molecule has 0 spiro atoms. The average molecular weight is 302 g/mol. The number of nitrogens with zero attached hydrogens (tertiary/aromatic N) is 3. The Morgan fingerprint density at radius 1 is 1.59 bits per heavy atom. The van der Waals surface area contributed by atoms with Crippen molar-refractivity contribution >= 4 is 11.7 Å². The maximum Gasteiger partial charge on any atom is 0.219 e. The van der Waals surface area contributed by atoms with Gasteiger partial charge in [-0.1, -0.05) is 13.8 Å². The van der Waals surface area contributed by atoms with Gasteiger partial charge in [-0.25, -0.2) is 4.98 Å². The van der Waals surface area contributed by atoms with E-state index in [2.05, 4.69) is 30.2 Å². The van der Waals surface area contributed by atoms with Crippen LogP contribution in [0.5, 0.6) is 0 Å². The number of morpholine rings is 1. The van der Waals surface area contributed by atoms with Crippen molar-refractivity contribution in [2.75, 3.05) is 31.6 Å². The van der Waals surface area contributed by atoms with Gasteiger partial charge in [0.15, 0.2) is 0 Å². The van der Waals surface area contributed by atoms with Crippen molar-refractivity contribution in [3.8, 4) is 6.07 Å². The molecule has 1 aliphatic heterocycles. The summed E-state index contributed by atoms with van der Waals surface area (Å²) in [4.78, 5) is 17.7. The fourth-order valence-corrected chi connectivity index (χ4v) is 2.36. The van der Waals surface area contributed by atoms with Crippen LogP contribution in [-0.2, 0) is 9.53 Å². The Balaban J connectivity index is 2.03. The summed E-state index contributed by atoms with van der Waals surface area (Å²) in [6, 6.07) is 5.81. The maximum absolute atomic E-state index is 11.4. The Morgan fingerprint density at radius 2 is 2.36 bits per heavy atom. The van der Waals surface area contributed by atoms with Crippen LogP contribution in [0.3, 0.4) is 0 Å². The zero-order chi connectivity index (χ0) is 16.1. The summed E-state index contributed by atoms with van der Waals surface area (Å²) in [5.74, 6) is 0.940. The summed E-state index contributed by atoms with van der Waals surface area (Å²) in [5.41, 5.74) is 1.46. The second kappa shape index (κ2) is 7.23. The molecule has 1 aliphatic rings. The highest BCUT2D eigenvalue weighted by Crippen LogP contribution is 2.18. The molecule has 1 saturated heterocycles. The van der Waals surface area contributed by atoms with Crippen molar-refractivity contribution < 1.29 is 9.53 Å². The van der Waals surface area contributed by atoms with Gasteiger partial charge in [0, 0.05) is 32.3 Å². The fraction of sp³-hybridized carbons (Fsp3) is 0.562. The number of hydrogen-bond donors (Lipinski definition) is 1.